The second-order valence-electron chi connectivity index (χ2n) is 8.00. The van der Waals surface area contributed by atoms with Crippen LogP contribution in [-0.4, -0.2) is 41.8 Å². The smallest absolute Gasteiger partial charge is 0.273 e. The fourth-order valence-corrected chi connectivity index (χ4v) is 4.56. The van der Waals surface area contributed by atoms with Crippen molar-refractivity contribution in [1.29, 1.82) is 0 Å². The molecule has 0 saturated carbocycles. The number of imide groups is 1. The highest BCUT2D eigenvalue weighted by Gasteiger charge is 2.45. The molecular formula is C26H25N3O5S. The highest BCUT2D eigenvalue weighted by molar-refractivity contribution is 7.10. The third kappa shape index (κ3) is 5.25. The van der Waals surface area contributed by atoms with Gasteiger partial charge in [-0.3, -0.25) is 24.6 Å². The van der Waals surface area contributed by atoms with E-state index >= 15 is 0 Å². The average Bonchev–Trinajstić information content (AvgIpc) is 3.49. The van der Waals surface area contributed by atoms with Gasteiger partial charge in [-0.1, -0.05) is 25.1 Å². The molecule has 0 aliphatic carbocycles. The Hall–Kier alpha value is -3.98. The number of hydrogen-bond donors (Lipinski definition) is 1. The van der Waals surface area contributed by atoms with Crippen molar-refractivity contribution in [3.05, 3.63) is 82.0 Å². The molecule has 1 aromatic heterocycles. The molecule has 180 valence electrons. The molecule has 1 N–H and O–H groups in total. The van der Waals surface area contributed by atoms with Gasteiger partial charge in [-0.2, -0.15) is 0 Å². The van der Waals surface area contributed by atoms with E-state index in [9.17, 15) is 19.2 Å². The lowest BCUT2D eigenvalue weighted by Gasteiger charge is -2.28. The largest absolute Gasteiger partial charge is 0.497 e. The van der Waals surface area contributed by atoms with E-state index in [1.165, 1.54) is 18.4 Å². The molecule has 0 radical (unpaired) electrons. The van der Waals surface area contributed by atoms with Crippen molar-refractivity contribution >= 4 is 40.7 Å². The second-order valence-corrected chi connectivity index (χ2v) is 9.03. The Morgan fingerprint density at radius 1 is 1.09 bits per heavy atom. The first kappa shape index (κ1) is 24.2. The molecule has 0 spiro atoms. The van der Waals surface area contributed by atoms with E-state index in [0.717, 1.165) is 26.8 Å². The highest BCUT2D eigenvalue weighted by atomic mass is 32.1. The van der Waals surface area contributed by atoms with Gasteiger partial charge in [0, 0.05) is 10.4 Å². The van der Waals surface area contributed by atoms with Crippen molar-refractivity contribution < 1.29 is 23.9 Å². The molecule has 8 nitrogen and oxygen atoms in total. The molecular weight excluding hydrogens is 466 g/mol. The molecule has 2 heterocycles. The molecule has 9 heteroatoms. The number of hydrogen-bond acceptors (Lipinski definition) is 6. The van der Waals surface area contributed by atoms with Crippen LogP contribution in [0.5, 0.6) is 5.75 Å². The standard InChI is InChI=1S/C26H25N3O5S/c1-3-17-6-10-19(11-7-17)28-24(31)16-22(26(28)33)29(27-23(30)15-21-5-4-14-35-21)25(32)18-8-12-20(34-2)13-9-18/h4-14,22H,3,15-16H2,1-2H3,(H,27,30). The Balaban J connectivity index is 1.62. The van der Waals surface area contributed by atoms with Gasteiger partial charge < -0.3 is 4.74 Å². The third-order valence-corrected chi connectivity index (χ3v) is 6.63. The summed E-state index contributed by atoms with van der Waals surface area (Å²) in [6.07, 6.45) is 0.627. The van der Waals surface area contributed by atoms with E-state index in [2.05, 4.69) is 5.43 Å². The maximum Gasteiger partial charge on any atom is 0.273 e. The van der Waals surface area contributed by atoms with Crippen LogP contribution in [0.1, 0.15) is 34.1 Å². The molecule has 1 aliphatic rings. The molecule has 2 aromatic carbocycles. The molecule has 1 atom stereocenters. The molecule has 1 fully saturated rings. The molecule has 1 aliphatic heterocycles. The van der Waals surface area contributed by atoms with Gasteiger partial charge in [0.15, 0.2) is 0 Å². The molecule has 4 rings (SSSR count). The first-order chi connectivity index (χ1) is 16.9. The summed E-state index contributed by atoms with van der Waals surface area (Å²) in [4.78, 5) is 54.4. The molecule has 1 saturated heterocycles. The lowest BCUT2D eigenvalue weighted by atomic mass is 10.1. The summed E-state index contributed by atoms with van der Waals surface area (Å²) in [5, 5.41) is 2.84. The Kier molecular flexibility index (Phi) is 7.26. The van der Waals surface area contributed by atoms with Crippen LogP contribution in [0.3, 0.4) is 0 Å². The zero-order valence-corrected chi connectivity index (χ0v) is 20.2. The predicted molar refractivity (Wildman–Crippen MR) is 132 cm³/mol. The zero-order chi connectivity index (χ0) is 24.9. The van der Waals surface area contributed by atoms with Gasteiger partial charge in [0.05, 0.1) is 25.6 Å². The van der Waals surface area contributed by atoms with E-state index in [-0.39, 0.29) is 18.4 Å². The van der Waals surface area contributed by atoms with Crippen LogP contribution >= 0.6 is 11.3 Å². The number of rotatable bonds is 7. The van der Waals surface area contributed by atoms with Crippen molar-refractivity contribution in [2.75, 3.05) is 12.0 Å². The van der Waals surface area contributed by atoms with Crippen LogP contribution in [0.15, 0.2) is 66.0 Å². The summed E-state index contributed by atoms with van der Waals surface area (Å²) in [5.41, 5.74) is 4.33. The fourth-order valence-electron chi connectivity index (χ4n) is 3.86. The Bertz CT molecular complexity index is 1220. The minimum Gasteiger partial charge on any atom is -0.497 e. The third-order valence-electron chi connectivity index (χ3n) is 5.75. The maximum absolute atomic E-state index is 13.4. The minimum absolute atomic E-state index is 0.0428. The number of hydrazine groups is 1. The molecule has 3 aromatic rings. The van der Waals surface area contributed by atoms with Gasteiger partial charge in [0.25, 0.3) is 11.8 Å². The quantitative estimate of drug-likeness (QED) is 0.404. The Labute approximate surface area is 207 Å². The summed E-state index contributed by atoms with van der Waals surface area (Å²) in [6.45, 7) is 2.01. The Morgan fingerprint density at radius 3 is 2.40 bits per heavy atom. The summed E-state index contributed by atoms with van der Waals surface area (Å²) in [7, 11) is 1.51. The van der Waals surface area contributed by atoms with Gasteiger partial charge in [-0.05, 0) is 59.8 Å². The van der Waals surface area contributed by atoms with Gasteiger partial charge in [-0.15, -0.1) is 11.3 Å². The van der Waals surface area contributed by atoms with Crippen molar-refractivity contribution in [3.8, 4) is 5.75 Å². The van der Waals surface area contributed by atoms with Gasteiger partial charge in [0.2, 0.25) is 11.8 Å². The maximum atomic E-state index is 13.4. The number of nitrogens with one attached hydrogen (secondary N) is 1. The number of nitrogens with zero attached hydrogens (tertiary/aromatic N) is 2. The van der Waals surface area contributed by atoms with Crippen LogP contribution in [0.2, 0.25) is 0 Å². The van der Waals surface area contributed by atoms with E-state index < -0.39 is 29.7 Å². The Morgan fingerprint density at radius 2 is 1.80 bits per heavy atom. The van der Waals surface area contributed by atoms with Crippen LogP contribution in [0.4, 0.5) is 5.69 Å². The van der Waals surface area contributed by atoms with Crippen LogP contribution in [0, 0.1) is 0 Å². The summed E-state index contributed by atoms with van der Waals surface area (Å²) >= 11 is 1.41. The number of anilines is 1. The number of carbonyl (C=O) groups is 4. The lowest BCUT2D eigenvalue weighted by Crippen LogP contribution is -2.55. The molecule has 0 bridgehead atoms. The van der Waals surface area contributed by atoms with Crippen molar-refractivity contribution in [3.63, 3.8) is 0 Å². The fraction of sp³-hybridized carbons (Fsp3) is 0.231. The lowest BCUT2D eigenvalue weighted by molar-refractivity contribution is -0.128. The van der Waals surface area contributed by atoms with E-state index in [4.69, 9.17) is 4.74 Å². The van der Waals surface area contributed by atoms with Crippen molar-refractivity contribution in [2.24, 2.45) is 0 Å². The highest BCUT2D eigenvalue weighted by Crippen LogP contribution is 2.27. The average molecular weight is 492 g/mol. The van der Waals surface area contributed by atoms with E-state index in [1.54, 1.807) is 36.4 Å². The van der Waals surface area contributed by atoms with Gasteiger partial charge in [-0.25, -0.2) is 9.91 Å². The van der Waals surface area contributed by atoms with Gasteiger partial charge >= 0.3 is 0 Å². The number of carbonyl (C=O) groups excluding carboxylic acids is 4. The number of thiophene rings is 1. The molecule has 35 heavy (non-hydrogen) atoms. The summed E-state index contributed by atoms with van der Waals surface area (Å²) in [6, 6.07) is 15.9. The SMILES string of the molecule is CCc1ccc(N2C(=O)CC(N(NC(=O)Cc3cccs3)C(=O)c3ccc(OC)cc3)C2=O)cc1. The summed E-state index contributed by atoms with van der Waals surface area (Å²) in [5.74, 6) is -1.51. The number of amides is 4. The number of aryl methyl sites for hydroxylation is 1. The number of benzene rings is 2. The first-order valence-electron chi connectivity index (χ1n) is 11.2. The molecule has 4 amide bonds. The topological polar surface area (TPSA) is 96.0 Å². The molecule has 1 unspecified atom stereocenters. The second kappa shape index (κ2) is 10.5. The predicted octanol–water partition coefficient (Wildman–Crippen LogP) is 3.37. The van der Waals surface area contributed by atoms with E-state index in [1.807, 2.05) is 36.6 Å². The van der Waals surface area contributed by atoms with Crippen LogP contribution in [0.25, 0.3) is 0 Å². The van der Waals surface area contributed by atoms with Crippen molar-refractivity contribution in [1.82, 2.24) is 10.4 Å². The van der Waals surface area contributed by atoms with Crippen LogP contribution < -0.4 is 15.1 Å². The van der Waals surface area contributed by atoms with E-state index in [0.29, 0.717) is 11.4 Å². The number of ether oxygens (including phenoxy) is 1. The van der Waals surface area contributed by atoms with Crippen LogP contribution in [-0.2, 0) is 27.2 Å². The van der Waals surface area contributed by atoms with Crippen molar-refractivity contribution in [2.45, 2.75) is 32.2 Å². The zero-order valence-electron chi connectivity index (χ0n) is 19.4. The minimum atomic E-state index is -1.17. The first-order valence-corrected chi connectivity index (χ1v) is 12.0. The monoisotopic (exact) mass is 491 g/mol. The van der Waals surface area contributed by atoms with Gasteiger partial charge in [0.1, 0.15) is 11.8 Å². The normalized spacial score (nSPS) is 15.3. The summed E-state index contributed by atoms with van der Waals surface area (Å²) < 4.78 is 5.14. The number of methoxy groups -OCH3 is 1.